The second kappa shape index (κ2) is 10.9. The van der Waals surface area contributed by atoms with Crippen LogP contribution in [0.4, 0.5) is 0 Å². The van der Waals surface area contributed by atoms with E-state index in [0.717, 1.165) is 16.5 Å². The summed E-state index contributed by atoms with van der Waals surface area (Å²) >= 11 is 6.47. The van der Waals surface area contributed by atoms with Crippen LogP contribution >= 0.6 is 31.9 Å². The van der Waals surface area contributed by atoms with Crippen LogP contribution in [-0.2, 0) is 26.1 Å². The first-order valence-electron chi connectivity index (χ1n) is 5.94. The van der Waals surface area contributed by atoms with Crippen LogP contribution in [0, 0.1) is 5.92 Å². The standard InChI is InChI=1S/C9H9BrO2.C5H9BrO2/c10-6-8-3-1-7(2-4-8)5-9(11)12;1-4(3-6)5(7)8-2/h1-4H,5-6H2,(H,11,12);4H,3H2,1-2H3/t;4-/m.0/s1. The molecule has 20 heavy (non-hydrogen) atoms. The average molecular weight is 410 g/mol. The summed E-state index contributed by atoms with van der Waals surface area (Å²) in [5.74, 6) is -0.983. The zero-order valence-electron chi connectivity index (χ0n) is 11.4. The van der Waals surface area contributed by atoms with E-state index in [1.807, 2.05) is 24.3 Å². The summed E-state index contributed by atoms with van der Waals surface area (Å²) in [5, 5.41) is 9.96. The fourth-order valence-corrected chi connectivity index (χ4v) is 1.82. The van der Waals surface area contributed by atoms with Gasteiger partial charge in [-0.3, -0.25) is 9.59 Å². The first-order valence-corrected chi connectivity index (χ1v) is 8.18. The fourth-order valence-electron chi connectivity index (χ4n) is 1.19. The van der Waals surface area contributed by atoms with Gasteiger partial charge in [0.2, 0.25) is 0 Å². The Hall–Kier alpha value is -0.880. The van der Waals surface area contributed by atoms with Gasteiger partial charge in [0.05, 0.1) is 19.4 Å². The van der Waals surface area contributed by atoms with E-state index in [2.05, 4.69) is 36.6 Å². The van der Waals surface area contributed by atoms with Gasteiger partial charge < -0.3 is 9.84 Å². The number of carbonyl (C=O) groups is 2. The highest BCUT2D eigenvalue weighted by molar-refractivity contribution is 9.09. The summed E-state index contributed by atoms with van der Waals surface area (Å²) in [6, 6.07) is 7.52. The van der Waals surface area contributed by atoms with Gasteiger partial charge in [-0.05, 0) is 11.1 Å². The molecular formula is C14H18Br2O4. The van der Waals surface area contributed by atoms with Crippen molar-refractivity contribution in [3.05, 3.63) is 35.4 Å². The van der Waals surface area contributed by atoms with E-state index in [1.54, 1.807) is 6.92 Å². The molecule has 0 aliphatic heterocycles. The lowest BCUT2D eigenvalue weighted by atomic mass is 10.1. The van der Waals surface area contributed by atoms with Crippen molar-refractivity contribution in [2.45, 2.75) is 18.7 Å². The summed E-state index contributed by atoms with van der Waals surface area (Å²) in [7, 11) is 1.39. The molecule has 0 fully saturated rings. The molecule has 0 aliphatic rings. The first kappa shape index (κ1) is 19.1. The molecule has 0 unspecified atom stereocenters. The monoisotopic (exact) mass is 408 g/mol. The highest BCUT2D eigenvalue weighted by atomic mass is 79.9. The van der Waals surface area contributed by atoms with E-state index in [4.69, 9.17) is 5.11 Å². The van der Waals surface area contributed by atoms with Crippen molar-refractivity contribution in [2.75, 3.05) is 12.4 Å². The number of carboxylic acid groups (broad SMARTS) is 1. The van der Waals surface area contributed by atoms with Gasteiger partial charge in [-0.15, -0.1) is 0 Å². The molecule has 1 atom stereocenters. The Morgan fingerprint density at radius 3 is 2.00 bits per heavy atom. The number of carbonyl (C=O) groups excluding carboxylic acids is 1. The minimum Gasteiger partial charge on any atom is -0.481 e. The Kier molecular flexibility index (Phi) is 10.4. The molecule has 0 saturated heterocycles. The Bertz CT molecular complexity index is 418. The third-order valence-corrected chi connectivity index (χ3v) is 3.99. The maximum Gasteiger partial charge on any atom is 0.309 e. The Morgan fingerprint density at radius 2 is 1.70 bits per heavy atom. The van der Waals surface area contributed by atoms with E-state index >= 15 is 0 Å². The molecule has 0 amide bonds. The van der Waals surface area contributed by atoms with Gasteiger partial charge in [-0.1, -0.05) is 63.0 Å². The van der Waals surface area contributed by atoms with Crippen LogP contribution < -0.4 is 0 Å². The van der Waals surface area contributed by atoms with Crippen molar-refractivity contribution in [1.29, 1.82) is 0 Å². The molecule has 6 heteroatoms. The second-order valence-electron chi connectivity index (χ2n) is 4.10. The molecule has 0 spiro atoms. The molecule has 1 N–H and O–H groups in total. The quantitative estimate of drug-likeness (QED) is 0.597. The Morgan fingerprint density at radius 1 is 1.20 bits per heavy atom. The zero-order valence-corrected chi connectivity index (χ0v) is 14.6. The number of esters is 1. The van der Waals surface area contributed by atoms with Gasteiger partial charge in [0.15, 0.2) is 0 Å². The molecule has 0 bridgehead atoms. The number of hydrogen-bond acceptors (Lipinski definition) is 3. The number of ether oxygens (including phenoxy) is 1. The SMILES string of the molecule is COC(=O)[C@@H](C)CBr.O=C(O)Cc1ccc(CBr)cc1. The van der Waals surface area contributed by atoms with Crippen LogP contribution in [0.1, 0.15) is 18.1 Å². The highest BCUT2D eigenvalue weighted by Crippen LogP contribution is 2.08. The van der Waals surface area contributed by atoms with Crippen molar-refractivity contribution < 1.29 is 19.4 Å². The van der Waals surface area contributed by atoms with Gasteiger partial charge >= 0.3 is 11.9 Å². The number of carboxylic acids is 1. The summed E-state index contributed by atoms with van der Waals surface area (Å²) in [4.78, 5) is 20.8. The lowest BCUT2D eigenvalue weighted by molar-refractivity contribution is -0.144. The number of aliphatic carboxylic acids is 1. The minimum absolute atomic E-state index is 0.0278. The van der Waals surface area contributed by atoms with Crippen molar-refractivity contribution in [3.8, 4) is 0 Å². The smallest absolute Gasteiger partial charge is 0.309 e. The van der Waals surface area contributed by atoms with E-state index < -0.39 is 5.97 Å². The Labute approximate surface area is 135 Å². The number of halogens is 2. The minimum atomic E-state index is -0.790. The molecule has 1 aromatic carbocycles. The van der Waals surface area contributed by atoms with Crippen LogP contribution in [0.25, 0.3) is 0 Å². The molecule has 112 valence electrons. The first-order chi connectivity index (χ1) is 9.44. The molecule has 0 radical (unpaired) electrons. The zero-order chi connectivity index (χ0) is 15.5. The predicted molar refractivity (Wildman–Crippen MR) is 85.4 cm³/mol. The number of rotatable bonds is 5. The van der Waals surface area contributed by atoms with Crippen molar-refractivity contribution in [2.24, 2.45) is 5.92 Å². The van der Waals surface area contributed by atoms with Gasteiger partial charge in [0.25, 0.3) is 0 Å². The van der Waals surface area contributed by atoms with Crippen LogP contribution in [0.2, 0.25) is 0 Å². The van der Waals surface area contributed by atoms with Crippen LogP contribution in [0.5, 0.6) is 0 Å². The summed E-state index contributed by atoms with van der Waals surface area (Å²) in [6.07, 6.45) is 0.0998. The van der Waals surface area contributed by atoms with Gasteiger partial charge in [-0.2, -0.15) is 0 Å². The normalized spacial score (nSPS) is 11.0. The number of benzene rings is 1. The largest absolute Gasteiger partial charge is 0.481 e. The van der Waals surface area contributed by atoms with Gasteiger partial charge in [0, 0.05) is 10.7 Å². The maximum atomic E-state index is 10.5. The second-order valence-corrected chi connectivity index (χ2v) is 5.31. The van der Waals surface area contributed by atoms with Gasteiger partial charge in [0.1, 0.15) is 0 Å². The van der Waals surface area contributed by atoms with Crippen LogP contribution in [0.15, 0.2) is 24.3 Å². The van der Waals surface area contributed by atoms with Crippen LogP contribution in [-0.4, -0.2) is 29.5 Å². The van der Waals surface area contributed by atoms with Crippen molar-refractivity contribution >= 4 is 43.8 Å². The average Bonchev–Trinajstić information content (AvgIpc) is 2.46. The van der Waals surface area contributed by atoms with Crippen LogP contribution in [0.3, 0.4) is 0 Å². The number of methoxy groups -OCH3 is 1. The summed E-state index contributed by atoms with van der Waals surface area (Å²) in [6.45, 7) is 1.81. The molecular weight excluding hydrogens is 392 g/mol. The van der Waals surface area contributed by atoms with Crippen molar-refractivity contribution in [1.82, 2.24) is 0 Å². The van der Waals surface area contributed by atoms with Gasteiger partial charge in [-0.25, -0.2) is 0 Å². The molecule has 0 aromatic heterocycles. The maximum absolute atomic E-state index is 10.5. The topological polar surface area (TPSA) is 63.6 Å². The molecule has 4 nitrogen and oxygen atoms in total. The summed E-state index contributed by atoms with van der Waals surface area (Å²) < 4.78 is 4.43. The van der Waals surface area contributed by atoms with E-state index in [0.29, 0.717) is 5.33 Å². The molecule has 0 heterocycles. The summed E-state index contributed by atoms with van der Waals surface area (Å²) in [5.41, 5.74) is 2.00. The third-order valence-electron chi connectivity index (χ3n) is 2.37. The lowest BCUT2D eigenvalue weighted by Gasteiger charge is -2.01. The number of hydrogen-bond donors (Lipinski definition) is 1. The predicted octanol–water partition coefficient (Wildman–Crippen LogP) is 3.40. The molecule has 1 rings (SSSR count). The van der Waals surface area contributed by atoms with E-state index in [-0.39, 0.29) is 18.3 Å². The van der Waals surface area contributed by atoms with Crippen molar-refractivity contribution in [3.63, 3.8) is 0 Å². The molecule has 1 aromatic rings. The number of alkyl halides is 2. The van der Waals surface area contributed by atoms with E-state index in [9.17, 15) is 9.59 Å². The lowest BCUT2D eigenvalue weighted by Crippen LogP contribution is -2.13. The fraction of sp³-hybridized carbons (Fsp3) is 0.429. The third kappa shape index (κ3) is 8.32. The molecule has 0 aliphatic carbocycles. The Balaban J connectivity index is 0.000000396. The highest BCUT2D eigenvalue weighted by Gasteiger charge is 2.09. The molecule has 0 saturated carbocycles. The van der Waals surface area contributed by atoms with E-state index in [1.165, 1.54) is 7.11 Å².